The van der Waals surface area contributed by atoms with Gasteiger partial charge in [-0.3, -0.25) is 0 Å². The second-order valence-corrected chi connectivity index (χ2v) is 3.65. The third-order valence-electron chi connectivity index (χ3n) is 2.30. The molecule has 84 valence electrons. The lowest BCUT2D eigenvalue weighted by Gasteiger charge is -2.11. The van der Waals surface area contributed by atoms with Crippen molar-refractivity contribution in [3.8, 4) is 5.75 Å². The third-order valence-corrected chi connectivity index (χ3v) is 2.30. The van der Waals surface area contributed by atoms with Gasteiger partial charge in [0, 0.05) is 0 Å². The fourth-order valence-electron chi connectivity index (χ4n) is 1.40. The number of nitrogens with one attached hydrogen (secondary N) is 1. The molecular formula is C12H19NO2. The fraction of sp³-hybridized carbons (Fsp3) is 0.500. The normalized spacial score (nSPS) is 12.7. The van der Waals surface area contributed by atoms with Gasteiger partial charge < -0.3 is 15.5 Å². The zero-order valence-electron chi connectivity index (χ0n) is 9.11. The maximum atomic E-state index is 9.79. The number of hydrogen-bond donors (Lipinski definition) is 3. The van der Waals surface area contributed by atoms with Crippen LogP contribution in [-0.4, -0.2) is 23.3 Å². The number of aliphatic hydroxyl groups is 1. The predicted molar refractivity (Wildman–Crippen MR) is 60.8 cm³/mol. The van der Waals surface area contributed by atoms with Crippen LogP contribution in [0.2, 0.25) is 0 Å². The summed E-state index contributed by atoms with van der Waals surface area (Å²) in [6.07, 6.45) is 1.36. The summed E-state index contributed by atoms with van der Waals surface area (Å²) in [6, 6.07) is 6.69. The molecule has 0 radical (unpaired) electrons. The molecule has 0 bridgehead atoms. The Hall–Kier alpha value is -1.06. The minimum Gasteiger partial charge on any atom is -0.508 e. The standard InChI is InChI=1S/C12H19NO2/c1-2-8-13-9-7-12(15)10-3-5-11(14)6-4-10/h3-6,12-15H,2,7-9H2,1H3. The molecule has 1 rings (SSSR count). The van der Waals surface area contributed by atoms with Gasteiger partial charge in [-0.05, 0) is 43.6 Å². The van der Waals surface area contributed by atoms with Crippen molar-refractivity contribution in [1.82, 2.24) is 5.32 Å². The predicted octanol–water partition coefficient (Wildman–Crippen LogP) is 1.82. The number of aromatic hydroxyl groups is 1. The second-order valence-electron chi connectivity index (χ2n) is 3.65. The van der Waals surface area contributed by atoms with Crippen LogP contribution in [0.15, 0.2) is 24.3 Å². The minimum absolute atomic E-state index is 0.232. The number of phenols is 1. The molecule has 0 aliphatic carbocycles. The van der Waals surface area contributed by atoms with Gasteiger partial charge in [0.05, 0.1) is 6.10 Å². The van der Waals surface area contributed by atoms with E-state index in [1.165, 1.54) is 0 Å². The van der Waals surface area contributed by atoms with Gasteiger partial charge >= 0.3 is 0 Å². The van der Waals surface area contributed by atoms with Crippen molar-refractivity contribution < 1.29 is 10.2 Å². The fourth-order valence-corrected chi connectivity index (χ4v) is 1.40. The average Bonchev–Trinajstić information content (AvgIpc) is 2.25. The summed E-state index contributed by atoms with van der Waals surface area (Å²) in [6.45, 7) is 3.92. The number of aliphatic hydroxyl groups excluding tert-OH is 1. The molecule has 0 fully saturated rings. The average molecular weight is 209 g/mol. The van der Waals surface area contributed by atoms with E-state index in [4.69, 9.17) is 5.11 Å². The number of benzene rings is 1. The summed E-state index contributed by atoms with van der Waals surface area (Å²) in [5.41, 5.74) is 0.853. The molecule has 1 aromatic rings. The van der Waals surface area contributed by atoms with Crippen molar-refractivity contribution in [2.75, 3.05) is 13.1 Å². The van der Waals surface area contributed by atoms with Crippen molar-refractivity contribution in [2.24, 2.45) is 0 Å². The van der Waals surface area contributed by atoms with Gasteiger partial charge in [0.1, 0.15) is 5.75 Å². The van der Waals surface area contributed by atoms with E-state index in [9.17, 15) is 5.11 Å². The Kier molecular flexibility index (Phi) is 5.15. The largest absolute Gasteiger partial charge is 0.508 e. The van der Waals surface area contributed by atoms with E-state index < -0.39 is 6.10 Å². The topological polar surface area (TPSA) is 52.5 Å². The Bertz CT molecular complexity index is 271. The van der Waals surface area contributed by atoms with Gasteiger partial charge in [-0.15, -0.1) is 0 Å². The summed E-state index contributed by atoms with van der Waals surface area (Å²) in [5, 5.41) is 22.1. The van der Waals surface area contributed by atoms with E-state index >= 15 is 0 Å². The molecule has 15 heavy (non-hydrogen) atoms. The molecule has 3 N–H and O–H groups in total. The zero-order chi connectivity index (χ0) is 11.1. The molecule has 0 heterocycles. The number of rotatable bonds is 6. The van der Waals surface area contributed by atoms with Crippen LogP contribution in [0, 0.1) is 0 Å². The lowest BCUT2D eigenvalue weighted by Crippen LogP contribution is -2.18. The molecule has 1 unspecified atom stereocenters. The van der Waals surface area contributed by atoms with Crippen molar-refractivity contribution >= 4 is 0 Å². The van der Waals surface area contributed by atoms with Crippen LogP contribution in [0.5, 0.6) is 5.75 Å². The highest BCUT2D eigenvalue weighted by Crippen LogP contribution is 2.18. The molecule has 1 aromatic carbocycles. The molecule has 3 nitrogen and oxygen atoms in total. The SMILES string of the molecule is CCCNCCC(O)c1ccc(O)cc1. The maximum absolute atomic E-state index is 9.79. The smallest absolute Gasteiger partial charge is 0.115 e. The maximum Gasteiger partial charge on any atom is 0.115 e. The first-order valence-corrected chi connectivity index (χ1v) is 5.41. The van der Waals surface area contributed by atoms with Crippen molar-refractivity contribution in [2.45, 2.75) is 25.9 Å². The summed E-state index contributed by atoms with van der Waals surface area (Å²) in [5.74, 6) is 0.232. The van der Waals surface area contributed by atoms with Gasteiger partial charge in [-0.25, -0.2) is 0 Å². The van der Waals surface area contributed by atoms with Crippen molar-refractivity contribution in [3.05, 3.63) is 29.8 Å². The second kappa shape index (κ2) is 6.43. The highest BCUT2D eigenvalue weighted by atomic mass is 16.3. The van der Waals surface area contributed by atoms with Crippen molar-refractivity contribution in [1.29, 1.82) is 0 Å². The van der Waals surface area contributed by atoms with E-state index in [2.05, 4.69) is 12.2 Å². The van der Waals surface area contributed by atoms with E-state index in [-0.39, 0.29) is 5.75 Å². The first-order valence-electron chi connectivity index (χ1n) is 5.41. The molecule has 3 heteroatoms. The Morgan fingerprint density at radius 3 is 2.47 bits per heavy atom. The highest BCUT2D eigenvalue weighted by Gasteiger charge is 2.06. The van der Waals surface area contributed by atoms with Gasteiger partial charge in [-0.2, -0.15) is 0 Å². The third kappa shape index (κ3) is 4.32. The molecule has 0 aliphatic heterocycles. The van der Waals surface area contributed by atoms with Gasteiger partial charge in [0.2, 0.25) is 0 Å². The van der Waals surface area contributed by atoms with Crippen LogP contribution in [0.4, 0.5) is 0 Å². The Labute approximate surface area is 90.8 Å². The minimum atomic E-state index is -0.449. The van der Waals surface area contributed by atoms with E-state index in [0.717, 1.165) is 25.1 Å². The first-order chi connectivity index (χ1) is 7.24. The van der Waals surface area contributed by atoms with Gasteiger partial charge in [0.15, 0.2) is 0 Å². The molecule has 0 saturated heterocycles. The van der Waals surface area contributed by atoms with Crippen molar-refractivity contribution in [3.63, 3.8) is 0 Å². The molecule has 0 amide bonds. The number of hydrogen-bond acceptors (Lipinski definition) is 3. The first kappa shape index (κ1) is 12.0. The summed E-state index contributed by atoms with van der Waals surface area (Å²) in [4.78, 5) is 0. The Morgan fingerprint density at radius 2 is 1.87 bits per heavy atom. The lowest BCUT2D eigenvalue weighted by atomic mass is 10.1. The molecule has 0 aliphatic rings. The van der Waals surface area contributed by atoms with Crippen LogP contribution in [0.1, 0.15) is 31.4 Å². The molecule has 1 atom stereocenters. The summed E-state index contributed by atoms with van der Waals surface area (Å²) >= 11 is 0. The van der Waals surface area contributed by atoms with E-state index in [1.807, 2.05) is 0 Å². The molecule has 0 aromatic heterocycles. The van der Waals surface area contributed by atoms with Crippen LogP contribution in [0.3, 0.4) is 0 Å². The Balaban J connectivity index is 2.33. The van der Waals surface area contributed by atoms with Crippen LogP contribution >= 0.6 is 0 Å². The summed E-state index contributed by atoms with van der Waals surface area (Å²) < 4.78 is 0. The number of phenolic OH excluding ortho intramolecular Hbond substituents is 1. The summed E-state index contributed by atoms with van der Waals surface area (Å²) in [7, 11) is 0. The van der Waals surface area contributed by atoms with Crippen LogP contribution in [0.25, 0.3) is 0 Å². The van der Waals surface area contributed by atoms with Gasteiger partial charge in [0.25, 0.3) is 0 Å². The monoisotopic (exact) mass is 209 g/mol. The van der Waals surface area contributed by atoms with Gasteiger partial charge in [-0.1, -0.05) is 19.1 Å². The van der Waals surface area contributed by atoms with Crippen LogP contribution < -0.4 is 5.32 Å². The van der Waals surface area contributed by atoms with E-state index in [1.54, 1.807) is 24.3 Å². The van der Waals surface area contributed by atoms with Crippen LogP contribution in [-0.2, 0) is 0 Å². The van der Waals surface area contributed by atoms with E-state index in [0.29, 0.717) is 6.42 Å². The molecular weight excluding hydrogens is 190 g/mol. The zero-order valence-corrected chi connectivity index (χ0v) is 9.11. The quantitative estimate of drug-likeness (QED) is 0.626. The molecule has 0 saturated carbocycles. The highest BCUT2D eigenvalue weighted by molar-refractivity contribution is 5.27. The Morgan fingerprint density at radius 1 is 1.20 bits per heavy atom. The lowest BCUT2D eigenvalue weighted by molar-refractivity contribution is 0.167. The molecule has 0 spiro atoms.